The highest BCUT2D eigenvalue weighted by atomic mass is 19.4. The van der Waals surface area contributed by atoms with E-state index in [1.165, 1.54) is 30.5 Å². The predicted molar refractivity (Wildman–Crippen MR) is 108 cm³/mol. The van der Waals surface area contributed by atoms with Gasteiger partial charge in [-0.3, -0.25) is 9.48 Å². The Kier molecular flexibility index (Phi) is 5.01. The number of benzene rings is 1. The van der Waals surface area contributed by atoms with E-state index in [4.69, 9.17) is 0 Å². The number of nitrogens with one attached hydrogen (secondary N) is 2. The van der Waals surface area contributed by atoms with Gasteiger partial charge in [-0.2, -0.15) is 23.5 Å². The first kappa shape index (κ1) is 20.9. The molecule has 10 heteroatoms. The fourth-order valence-electron chi connectivity index (χ4n) is 3.65. The molecule has 0 bridgehead atoms. The number of halogens is 3. The Bertz CT molecular complexity index is 1200. The van der Waals surface area contributed by atoms with Crippen molar-refractivity contribution in [3.63, 3.8) is 0 Å². The molecule has 0 saturated heterocycles. The summed E-state index contributed by atoms with van der Waals surface area (Å²) < 4.78 is 40.9. The minimum atomic E-state index is -4.82. The number of rotatable bonds is 6. The van der Waals surface area contributed by atoms with Crippen LogP contribution in [0.4, 0.5) is 24.7 Å². The molecule has 0 amide bonds. The van der Waals surface area contributed by atoms with Crippen LogP contribution in [0.2, 0.25) is 0 Å². The van der Waals surface area contributed by atoms with Gasteiger partial charge in [-0.1, -0.05) is 12.1 Å². The van der Waals surface area contributed by atoms with Gasteiger partial charge in [0.05, 0.1) is 24.0 Å². The van der Waals surface area contributed by atoms with Crippen LogP contribution in [0.1, 0.15) is 37.8 Å². The zero-order valence-corrected chi connectivity index (χ0v) is 16.6. The van der Waals surface area contributed by atoms with Gasteiger partial charge in [-0.05, 0) is 49.4 Å². The third-order valence-electron chi connectivity index (χ3n) is 5.67. The van der Waals surface area contributed by atoms with E-state index in [0.29, 0.717) is 29.4 Å². The average molecular weight is 431 g/mol. The molecule has 3 N–H and O–H groups in total. The molecule has 7 nitrogen and oxygen atoms in total. The molecule has 0 unspecified atom stereocenters. The Balaban J connectivity index is 1.71. The van der Waals surface area contributed by atoms with Crippen molar-refractivity contribution in [1.29, 1.82) is 5.26 Å². The molecule has 1 aliphatic carbocycles. The molecule has 3 aromatic rings. The number of anilines is 2. The maximum atomic E-state index is 13.1. The van der Waals surface area contributed by atoms with Crippen molar-refractivity contribution in [3.05, 3.63) is 52.4 Å². The van der Waals surface area contributed by atoms with E-state index in [2.05, 4.69) is 21.5 Å². The van der Waals surface area contributed by atoms with Crippen molar-refractivity contribution in [2.24, 2.45) is 5.92 Å². The Morgan fingerprint density at radius 2 is 2.00 bits per heavy atom. The van der Waals surface area contributed by atoms with Crippen molar-refractivity contribution in [2.75, 3.05) is 5.32 Å². The highest BCUT2D eigenvalue weighted by molar-refractivity contribution is 5.91. The zero-order chi connectivity index (χ0) is 22.4. The molecule has 2 aromatic heterocycles. The van der Waals surface area contributed by atoms with Crippen LogP contribution in [0.15, 0.2) is 41.3 Å². The lowest BCUT2D eigenvalue weighted by Crippen LogP contribution is -2.39. The second kappa shape index (κ2) is 7.42. The third kappa shape index (κ3) is 3.77. The molecule has 162 valence electrons. The number of nitrogens with zero attached hydrogens (tertiary/aromatic N) is 3. The van der Waals surface area contributed by atoms with Crippen molar-refractivity contribution in [2.45, 2.75) is 44.0 Å². The van der Waals surface area contributed by atoms with Gasteiger partial charge >= 0.3 is 6.18 Å². The van der Waals surface area contributed by atoms with E-state index in [-0.39, 0.29) is 29.4 Å². The van der Waals surface area contributed by atoms with E-state index in [9.17, 15) is 28.3 Å². The molecular weight excluding hydrogens is 411 g/mol. The summed E-state index contributed by atoms with van der Waals surface area (Å²) in [6, 6.07) is 8.83. The van der Waals surface area contributed by atoms with Crippen LogP contribution in [-0.2, 0) is 5.60 Å². The molecule has 1 aromatic carbocycles. The molecule has 31 heavy (non-hydrogen) atoms. The number of fused-ring (bicyclic) bond motifs is 1. The smallest absolute Gasteiger partial charge is 0.376 e. The predicted octanol–water partition coefficient (Wildman–Crippen LogP) is 4.10. The summed E-state index contributed by atoms with van der Waals surface area (Å²) in [5, 5.41) is 26.9. The first-order valence-corrected chi connectivity index (χ1v) is 9.77. The minimum absolute atomic E-state index is 0.158. The number of aromatic nitrogens is 3. The monoisotopic (exact) mass is 431 g/mol. The Morgan fingerprint density at radius 3 is 2.58 bits per heavy atom. The van der Waals surface area contributed by atoms with E-state index < -0.39 is 11.8 Å². The quantitative estimate of drug-likeness (QED) is 0.545. The number of H-pyrrole nitrogens is 1. The topological polar surface area (TPSA) is 107 Å². The number of aromatic amines is 1. The Hall–Kier alpha value is -3.32. The number of hydrogen-bond acceptors (Lipinski definition) is 5. The molecule has 0 radical (unpaired) electrons. The third-order valence-corrected chi connectivity index (χ3v) is 5.67. The highest BCUT2D eigenvalue weighted by Crippen LogP contribution is 2.43. The number of pyridine rings is 1. The Labute approximate surface area is 175 Å². The number of aliphatic hydroxyl groups is 1. The van der Waals surface area contributed by atoms with Crippen LogP contribution < -0.4 is 10.9 Å². The first-order valence-electron chi connectivity index (χ1n) is 9.77. The second-order valence-electron chi connectivity index (χ2n) is 7.90. The minimum Gasteiger partial charge on any atom is -0.376 e. The molecule has 0 spiro atoms. The largest absolute Gasteiger partial charge is 0.421 e. The van der Waals surface area contributed by atoms with Gasteiger partial charge < -0.3 is 15.4 Å². The summed E-state index contributed by atoms with van der Waals surface area (Å²) in [5.74, 6) is 0.564. The lowest BCUT2D eigenvalue weighted by Gasteiger charge is -2.26. The van der Waals surface area contributed by atoms with Crippen molar-refractivity contribution in [3.8, 4) is 6.07 Å². The van der Waals surface area contributed by atoms with Crippen molar-refractivity contribution in [1.82, 2.24) is 14.8 Å². The van der Waals surface area contributed by atoms with Gasteiger partial charge in [0.25, 0.3) is 5.56 Å². The lowest BCUT2D eigenvalue weighted by atomic mass is 9.95. The first-order chi connectivity index (χ1) is 14.6. The molecule has 2 heterocycles. The van der Waals surface area contributed by atoms with Crippen LogP contribution >= 0.6 is 0 Å². The summed E-state index contributed by atoms with van der Waals surface area (Å²) in [7, 11) is 0. The maximum absolute atomic E-state index is 13.1. The van der Waals surface area contributed by atoms with Gasteiger partial charge in [0.2, 0.25) is 0 Å². The van der Waals surface area contributed by atoms with Gasteiger partial charge in [0.15, 0.2) is 11.4 Å². The number of nitriles is 1. The summed E-state index contributed by atoms with van der Waals surface area (Å²) in [6.45, 7) is 0.692. The van der Waals surface area contributed by atoms with Gasteiger partial charge in [0.1, 0.15) is 5.39 Å². The summed E-state index contributed by atoms with van der Waals surface area (Å²) in [4.78, 5) is 15.1. The summed E-state index contributed by atoms with van der Waals surface area (Å²) in [6.07, 6.45) is -1.07. The zero-order valence-electron chi connectivity index (χ0n) is 16.6. The molecule has 1 saturated carbocycles. The van der Waals surface area contributed by atoms with Crippen LogP contribution in [0.25, 0.3) is 10.9 Å². The van der Waals surface area contributed by atoms with E-state index in [1.807, 2.05) is 0 Å². The molecular formula is C21H20F3N5O2. The fraction of sp³-hybridized carbons (Fsp3) is 0.381. The summed E-state index contributed by atoms with van der Waals surface area (Å²) in [5.41, 5.74) is -2.67. The standard InChI is InChI=1S/C21H20F3N5O2/c1-20(31,21(22,23)24)13-4-6-14(7-5-13)27-18-17-16(9-11-26-19(17)30)29(28-18)15(8-10-25)12-2-3-12/h4-7,9,11-12,15,31H,2-3,8H2,1H3,(H,26,30)(H,27,28)/t15-,20+/m0/s1. The van der Waals surface area contributed by atoms with Crippen LogP contribution in [0.3, 0.4) is 0 Å². The molecule has 1 fully saturated rings. The molecule has 4 rings (SSSR count). The van der Waals surface area contributed by atoms with E-state index in [0.717, 1.165) is 12.8 Å². The molecule has 1 aliphatic rings. The van der Waals surface area contributed by atoms with E-state index in [1.54, 1.807) is 10.7 Å². The summed E-state index contributed by atoms with van der Waals surface area (Å²) >= 11 is 0. The van der Waals surface area contributed by atoms with Crippen LogP contribution in [0.5, 0.6) is 0 Å². The van der Waals surface area contributed by atoms with Gasteiger partial charge in [-0.15, -0.1) is 0 Å². The molecule has 0 aliphatic heterocycles. The maximum Gasteiger partial charge on any atom is 0.421 e. The number of hydrogen-bond donors (Lipinski definition) is 3. The fourth-order valence-corrected chi connectivity index (χ4v) is 3.65. The van der Waals surface area contributed by atoms with Crippen molar-refractivity contribution >= 4 is 22.4 Å². The van der Waals surface area contributed by atoms with E-state index >= 15 is 0 Å². The second-order valence-corrected chi connectivity index (χ2v) is 7.90. The lowest BCUT2D eigenvalue weighted by molar-refractivity contribution is -0.258. The molecule has 2 atom stereocenters. The normalized spacial score (nSPS) is 17.2. The van der Waals surface area contributed by atoms with Crippen LogP contribution in [0, 0.1) is 17.2 Å². The van der Waals surface area contributed by atoms with Gasteiger partial charge in [-0.25, -0.2) is 0 Å². The SMILES string of the molecule is C[C@@](O)(c1ccc(Nc2nn([C@@H](CC#N)C3CC3)c3cc[nH]c(=O)c23)cc1)C(F)(F)F. The number of alkyl halides is 3. The highest BCUT2D eigenvalue weighted by Gasteiger charge is 2.51. The Morgan fingerprint density at radius 1 is 1.32 bits per heavy atom. The van der Waals surface area contributed by atoms with Gasteiger partial charge in [0, 0.05) is 11.9 Å². The van der Waals surface area contributed by atoms with Crippen molar-refractivity contribution < 1.29 is 18.3 Å². The van der Waals surface area contributed by atoms with Crippen LogP contribution in [-0.4, -0.2) is 26.0 Å². The average Bonchev–Trinajstić information content (AvgIpc) is 3.48.